The summed E-state index contributed by atoms with van der Waals surface area (Å²) < 4.78 is 0. The van der Waals surface area contributed by atoms with Gasteiger partial charge >= 0.3 is 0 Å². The highest BCUT2D eigenvalue weighted by Gasteiger charge is 2.03. The third kappa shape index (κ3) is 4.39. The van der Waals surface area contributed by atoms with Crippen LogP contribution in [-0.4, -0.2) is 19.0 Å². The molecule has 2 N–H and O–H groups in total. The summed E-state index contributed by atoms with van der Waals surface area (Å²) >= 11 is 11.9. The average Bonchev–Trinajstić information content (AvgIpc) is 2.23. The van der Waals surface area contributed by atoms with Gasteiger partial charge in [-0.15, -0.1) is 0 Å². The van der Waals surface area contributed by atoms with Crippen LogP contribution in [0.15, 0.2) is 18.2 Å². The van der Waals surface area contributed by atoms with Crippen molar-refractivity contribution >= 4 is 29.1 Å². The maximum absolute atomic E-state index is 10.6. The van der Waals surface area contributed by atoms with Crippen LogP contribution < -0.4 is 10.6 Å². The van der Waals surface area contributed by atoms with Gasteiger partial charge in [0.15, 0.2) is 0 Å². The molecule has 0 saturated heterocycles. The van der Waals surface area contributed by atoms with Crippen LogP contribution >= 0.6 is 23.2 Å². The van der Waals surface area contributed by atoms with E-state index in [-0.39, 0.29) is 5.91 Å². The van der Waals surface area contributed by atoms with Gasteiger partial charge in [0, 0.05) is 26.6 Å². The molecule has 0 unspecified atom stereocenters. The molecule has 1 aromatic carbocycles. The van der Waals surface area contributed by atoms with Crippen molar-refractivity contribution in [3.8, 4) is 0 Å². The normalized spacial score (nSPS) is 10.2. The van der Waals surface area contributed by atoms with Crippen molar-refractivity contribution in [1.29, 1.82) is 0 Å². The maximum atomic E-state index is 10.6. The van der Waals surface area contributed by atoms with E-state index in [1.54, 1.807) is 6.07 Å². The molecule has 0 aromatic heterocycles. The Labute approximate surface area is 105 Å². The van der Waals surface area contributed by atoms with Crippen molar-refractivity contribution in [1.82, 2.24) is 10.6 Å². The van der Waals surface area contributed by atoms with E-state index in [0.29, 0.717) is 29.7 Å². The molecule has 0 heterocycles. The topological polar surface area (TPSA) is 41.1 Å². The lowest BCUT2D eigenvalue weighted by Gasteiger charge is -2.07. The van der Waals surface area contributed by atoms with Crippen molar-refractivity contribution < 1.29 is 4.79 Å². The van der Waals surface area contributed by atoms with E-state index in [0.717, 1.165) is 5.56 Å². The highest BCUT2D eigenvalue weighted by Crippen LogP contribution is 2.25. The zero-order valence-corrected chi connectivity index (χ0v) is 10.5. The number of halogens is 2. The predicted molar refractivity (Wildman–Crippen MR) is 66.9 cm³/mol. The molecule has 1 rings (SSSR count). The van der Waals surface area contributed by atoms with E-state index in [1.165, 1.54) is 6.92 Å². The van der Waals surface area contributed by atoms with Gasteiger partial charge in [0.05, 0.1) is 10.0 Å². The molecule has 3 nitrogen and oxygen atoms in total. The average molecular weight is 261 g/mol. The fourth-order valence-electron chi connectivity index (χ4n) is 1.23. The predicted octanol–water partition coefficient (Wildman–Crippen LogP) is 2.22. The van der Waals surface area contributed by atoms with Crippen molar-refractivity contribution in [2.75, 3.05) is 13.1 Å². The van der Waals surface area contributed by atoms with E-state index in [4.69, 9.17) is 23.2 Å². The summed E-state index contributed by atoms with van der Waals surface area (Å²) in [5.74, 6) is -0.0254. The van der Waals surface area contributed by atoms with E-state index < -0.39 is 0 Å². The zero-order chi connectivity index (χ0) is 12.0. The van der Waals surface area contributed by atoms with Gasteiger partial charge in [-0.25, -0.2) is 0 Å². The molecule has 1 aromatic rings. The molecule has 5 heteroatoms. The molecule has 0 saturated carbocycles. The molecule has 0 bridgehead atoms. The molecule has 0 aliphatic rings. The summed E-state index contributed by atoms with van der Waals surface area (Å²) in [6.07, 6.45) is 0. The summed E-state index contributed by atoms with van der Waals surface area (Å²) in [7, 11) is 0. The highest BCUT2D eigenvalue weighted by atomic mass is 35.5. The largest absolute Gasteiger partial charge is 0.355 e. The molecule has 0 spiro atoms. The number of carbonyl (C=O) groups excluding carboxylic acids is 1. The minimum Gasteiger partial charge on any atom is -0.355 e. The molecular weight excluding hydrogens is 247 g/mol. The first kappa shape index (κ1) is 13.3. The molecule has 0 fully saturated rings. The molecule has 0 aliphatic carbocycles. The van der Waals surface area contributed by atoms with Crippen LogP contribution in [-0.2, 0) is 11.3 Å². The minimum atomic E-state index is -0.0254. The molecule has 0 atom stereocenters. The van der Waals surface area contributed by atoms with E-state index >= 15 is 0 Å². The molecule has 16 heavy (non-hydrogen) atoms. The van der Waals surface area contributed by atoms with Crippen LogP contribution in [0.2, 0.25) is 10.0 Å². The number of hydrogen-bond acceptors (Lipinski definition) is 2. The van der Waals surface area contributed by atoms with Crippen molar-refractivity contribution in [3.05, 3.63) is 33.8 Å². The second-order valence-corrected chi connectivity index (χ2v) is 4.16. The Morgan fingerprint density at radius 3 is 2.75 bits per heavy atom. The van der Waals surface area contributed by atoms with Gasteiger partial charge in [-0.2, -0.15) is 0 Å². The monoisotopic (exact) mass is 260 g/mol. The van der Waals surface area contributed by atoms with Gasteiger partial charge < -0.3 is 10.6 Å². The van der Waals surface area contributed by atoms with Crippen LogP contribution in [0, 0.1) is 0 Å². The number of benzene rings is 1. The number of hydrogen-bond donors (Lipinski definition) is 2. The molecular formula is C11H14Cl2N2O. The Kier molecular flexibility index (Phi) is 5.60. The lowest BCUT2D eigenvalue weighted by atomic mass is 10.2. The first-order valence-corrected chi connectivity index (χ1v) is 5.75. The van der Waals surface area contributed by atoms with Crippen LogP contribution in [0.3, 0.4) is 0 Å². The van der Waals surface area contributed by atoms with Gasteiger partial charge in [0.25, 0.3) is 0 Å². The third-order valence-electron chi connectivity index (χ3n) is 2.02. The minimum absolute atomic E-state index is 0.0254. The van der Waals surface area contributed by atoms with Gasteiger partial charge in [0.1, 0.15) is 0 Å². The number of nitrogens with one attached hydrogen (secondary N) is 2. The number of amides is 1. The third-order valence-corrected chi connectivity index (χ3v) is 2.88. The molecule has 0 radical (unpaired) electrons. The van der Waals surface area contributed by atoms with Crippen molar-refractivity contribution in [2.45, 2.75) is 13.5 Å². The summed E-state index contributed by atoms with van der Waals surface area (Å²) in [5.41, 5.74) is 0.956. The first-order valence-electron chi connectivity index (χ1n) is 4.99. The Morgan fingerprint density at radius 1 is 1.31 bits per heavy atom. The molecule has 1 amide bonds. The highest BCUT2D eigenvalue weighted by molar-refractivity contribution is 6.42. The summed E-state index contributed by atoms with van der Waals surface area (Å²) in [4.78, 5) is 10.6. The Morgan fingerprint density at radius 2 is 2.06 bits per heavy atom. The Hall–Kier alpha value is -0.770. The first-order chi connectivity index (χ1) is 7.61. The van der Waals surface area contributed by atoms with Crippen molar-refractivity contribution in [2.24, 2.45) is 0 Å². The second-order valence-electron chi connectivity index (χ2n) is 3.37. The SMILES string of the molecule is CC(=O)NCCNCc1cccc(Cl)c1Cl. The van der Waals surface area contributed by atoms with E-state index in [2.05, 4.69) is 10.6 Å². The van der Waals surface area contributed by atoms with Crippen LogP contribution in [0.4, 0.5) is 0 Å². The lowest BCUT2D eigenvalue weighted by Crippen LogP contribution is -2.29. The Bertz CT molecular complexity index is 369. The fourth-order valence-corrected chi connectivity index (χ4v) is 1.62. The quantitative estimate of drug-likeness (QED) is 0.798. The summed E-state index contributed by atoms with van der Waals surface area (Å²) in [5, 5.41) is 7.00. The van der Waals surface area contributed by atoms with Crippen LogP contribution in [0.5, 0.6) is 0 Å². The van der Waals surface area contributed by atoms with Gasteiger partial charge in [-0.3, -0.25) is 4.79 Å². The van der Waals surface area contributed by atoms with Crippen LogP contribution in [0.25, 0.3) is 0 Å². The van der Waals surface area contributed by atoms with E-state index in [9.17, 15) is 4.79 Å². The second kappa shape index (κ2) is 6.74. The molecule has 0 aliphatic heterocycles. The standard InChI is InChI=1S/C11H14Cl2N2O/c1-8(16)15-6-5-14-7-9-3-2-4-10(12)11(9)13/h2-4,14H,5-7H2,1H3,(H,15,16). The maximum Gasteiger partial charge on any atom is 0.216 e. The lowest BCUT2D eigenvalue weighted by molar-refractivity contribution is -0.118. The number of carbonyl (C=O) groups is 1. The van der Waals surface area contributed by atoms with Gasteiger partial charge in [-0.1, -0.05) is 35.3 Å². The smallest absolute Gasteiger partial charge is 0.216 e. The number of rotatable bonds is 5. The summed E-state index contributed by atoms with van der Waals surface area (Å²) in [6, 6.07) is 5.53. The van der Waals surface area contributed by atoms with Gasteiger partial charge in [-0.05, 0) is 11.6 Å². The Balaban J connectivity index is 2.32. The summed E-state index contributed by atoms with van der Waals surface area (Å²) in [6.45, 7) is 3.43. The molecule has 88 valence electrons. The van der Waals surface area contributed by atoms with Crippen LogP contribution in [0.1, 0.15) is 12.5 Å². The fraction of sp³-hybridized carbons (Fsp3) is 0.364. The van der Waals surface area contributed by atoms with Crippen molar-refractivity contribution in [3.63, 3.8) is 0 Å². The zero-order valence-electron chi connectivity index (χ0n) is 9.02. The van der Waals surface area contributed by atoms with E-state index in [1.807, 2.05) is 12.1 Å². The van der Waals surface area contributed by atoms with Gasteiger partial charge in [0.2, 0.25) is 5.91 Å².